The molecule has 0 aliphatic rings. The van der Waals surface area contributed by atoms with Crippen molar-refractivity contribution in [2.75, 3.05) is 0 Å². The lowest BCUT2D eigenvalue weighted by Gasteiger charge is -2.17. The number of carbonyl (C=O) groups excluding carboxylic acids is 2. The Kier molecular flexibility index (Phi) is 5.16. The standard InChI is InChI=1S/C21H23N3O3/c1-12-8-7-11-18(13(12)2)27-15(4)20(25)23-24-21(26)19-14(3)22-17-10-6-5-9-16(17)19/h5-11,15,22H,1-4H3,(H,23,25)(H,24,26). The number of nitrogens with one attached hydrogen (secondary N) is 3. The molecule has 2 amide bonds. The number of hydrazine groups is 1. The lowest BCUT2D eigenvalue weighted by molar-refractivity contribution is -0.128. The number of benzene rings is 2. The molecular weight excluding hydrogens is 342 g/mol. The van der Waals surface area contributed by atoms with Gasteiger partial charge in [0.05, 0.1) is 5.56 Å². The van der Waals surface area contributed by atoms with Gasteiger partial charge in [0.15, 0.2) is 6.10 Å². The van der Waals surface area contributed by atoms with Crippen molar-refractivity contribution in [2.24, 2.45) is 0 Å². The number of aryl methyl sites for hydroxylation is 2. The van der Waals surface area contributed by atoms with Gasteiger partial charge in [-0.05, 0) is 51.0 Å². The number of hydrogen-bond donors (Lipinski definition) is 3. The fourth-order valence-electron chi connectivity index (χ4n) is 2.95. The summed E-state index contributed by atoms with van der Waals surface area (Å²) in [5.74, 6) is -0.157. The van der Waals surface area contributed by atoms with Crippen molar-refractivity contribution in [1.29, 1.82) is 0 Å². The normalized spacial score (nSPS) is 11.9. The van der Waals surface area contributed by atoms with Gasteiger partial charge in [-0.15, -0.1) is 0 Å². The third-order valence-corrected chi connectivity index (χ3v) is 4.65. The molecule has 0 saturated heterocycles. The number of aromatic nitrogens is 1. The monoisotopic (exact) mass is 365 g/mol. The summed E-state index contributed by atoms with van der Waals surface area (Å²) in [6, 6.07) is 13.2. The highest BCUT2D eigenvalue weighted by atomic mass is 16.5. The van der Waals surface area contributed by atoms with Gasteiger partial charge in [0.25, 0.3) is 11.8 Å². The maximum absolute atomic E-state index is 12.5. The molecule has 3 N–H and O–H groups in total. The Labute approximate surface area is 157 Å². The number of ether oxygens (including phenoxy) is 1. The van der Waals surface area contributed by atoms with Crippen molar-refractivity contribution in [3.63, 3.8) is 0 Å². The molecule has 3 rings (SSSR count). The number of para-hydroxylation sites is 1. The van der Waals surface area contributed by atoms with Crippen molar-refractivity contribution in [1.82, 2.24) is 15.8 Å². The Morgan fingerprint density at radius 2 is 1.74 bits per heavy atom. The Morgan fingerprint density at radius 3 is 2.52 bits per heavy atom. The summed E-state index contributed by atoms with van der Waals surface area (Å²) in [6.07, 6.45) is -0.755. The van der Waals surface area contributed by atoms with Crippen LogP contribution in [0, 0.1) is 20.8 Å². The number of H-pyrrole nitrogens is 1. The summed E-state index contributed by atoms with van der Waals surface area (Å²) in [5.41, 5.74) is 9.10. The van der Waals surface area contributed by atoms with Gasteiger partial charge in [0.1, 0.15) is 5.75 Å². The van der Waals surface area contributed by atoms with Gasteiger partial charge in [-0.3, -0.25) is 20.4 Å². The molecule has 1 aromatic heterocycles. The molecule has 0 saturated carbocycles. The van der Waals surface area contributed by atoms with E-state index in [1.165, 1.54) is 0 Å². The summed E-state index contributed by atoms with van der Waals surface area (Å²) in [5, 5.41) is 0.807. The van der Waals surface area contributed by atoms with E-state index in [0.29, 0.717) is 11.3 Å². The molecule has 0 aliphatic heterocycles. The van der Waals surface area contributed by atoms with Gasteiger partial charge in [-0.1, -0.05) is 30.3 Å². The summed E-state index contributed by atoms with van der Waals surface area (Å²) >= 11 is 0. The van der Waals surface area contributed by atoms with Crippen LogP contribution in [-0.2, 0) is 4.79 Å². The minimum Gasteiger partial charge on any atom is -0.481 e. The summed E-state index contributed by atoms with van der Waals surface area (Å²) in [6.45, 7) is 7.39. The molecule has 6 nitrogen and oxygen atoms in total. The second-order valence-electron chi connectivity index (χ2n) is 6.57. The number of hydrogen-bond acceptors (Lipinski definition) is 3. The van der Waals surface area contributed by atoms with Crippen molar-refractivity contribution < 1.29 is 14.3 Å². The number of fused-ring (bicyclic) bond motifs is 1. The zero-order valence-electron chi connectivity index (χ0n) is 15.8. The quantitative estimate of drug-likeness (QED) is 0.620. The van der Waals surface area contributed by atoms with E-state index >= 15 is 0 Å². The summed E-state index contributed by atoms with van der Waals surface area (Å²) < 4.78 is 5.74. The maximum atomic E-state index is 12.5. The van der Waals surface area contributed by atoms with Crippen LogP contribution >= 0.6 is 0 Å². The second-order valence-corrected chi connectivity index (χ2v) is 6.57. The van der Waals surface area contributed by atoms with Gasteiger partial charge in [0.2, 0.25) is 0 Å². The highest BCUT2D eigenvalue weighted by Crippen LogP contribution is 2.22. The summed E-state index contributed by atoms with van der Waals surface area (Å²) in [4.78, 5) is 28.0. The molecule has 0 fully saturated rings. The Morgan fingerprint density at radius 1 is 1.00 bits per heavy atom. The van der Waals surface area contributed by atoms with Crippen LogP contribution in [-0.4, -0.2) is 22.9 Å². The largest absolute Gasteiger partial charge is 0.481 e. The first-order chi connectivity index (χ1) is 12.9. The Hall–Kier alpha value is -3.28. The van der Waals surface area contributed by atoms with Gasteiger partial charge in [-0.2, -0.15) is 0 Å². The smallest absolute Gasteiger partial charge is 0.279 e. The van der Waals surface area contributed by atoms with Gasteiger partial charge >= 0.3 is 0 Å². The molecular formula is C21H23N3O3. The fourth-order valence-corrected chi connectivity index (χ4v) is 2.95. The van der Waals surface area contributed by atoms with Crippen molar-refractivity contribution in [2.45, 2.75) is 33.8 Å². The van der Waals surface area contributed by atoms with Crippen LogP contribution in [0.3, 0.4) is 0 Å². The molecule has 2 aromatic carbocycles. The Balaban J connectivity index is 1.65. The van der Waals surface area contributed by atoms with Crippen LogP contribution in [0.2, 0.25) is 0 Å². The molecule has 0 spiro atoms. The van der Waals surface area contributed by atoms with E-state index in [1.54, 1.807) is 6.92 Å². The summed E-state index contributed by atoms with van der Waals surface area (Å²) in [7, 11) is 0. The third kappa shape index (κ3) is 3.79. The van der Waals surface area contributed by atoms with E-state index in [1.807, 2.05) is 63.2 Å². The molecule has 6 heteroatoms. The molecule has 140 valence electrons. The van der Waals surface area contributed by atoms with Crippen molar-refractivity contribution in [3.8, 4) is 5.75 Å². The maximum Gasteiger partial charge on any atom is 0.279 e. The van der Waals surface area contributed by atoms with Crippen LogP contribution in [0.1, 0.15) is 34.1 Å². The lowest BCUT2D eigenvalue weighted by atomic mass is 10.1. The van der Waals surface area contributed by atoms with E-state index in [4.69, 9.17) is 4.74 Å². The van der Waals surface area contributed by atoms with E-state index in [0.717, 1.165) is 27.7 Å². The van der Waals surface area contributed by atoms with E-state index < -0.39 is 12.0 Å². The second kappa shape index (κ2) is 7.53. The van der Waals surface area contributed by atoms with Crippen LogP contribution in [0.15, 0.2) is 42.5 Å². The number of rotatable bonds is 4. The minimum absolute atomic E-state index is 0.378. The molecule has 1 atom stereocenters. The zero-order valence-corrected chi connectivity index (χ0v) is 15.8. The first-order valence-electron chi connectivity index (χ1n) is 8.79. The molecule has 0 radical (unpaired) electrons. The third-order valence-electron chi connectivity index (χ3n) is 4.65. The topological polar surface area (TPSA) is 83.2 Å². The van der Waals surface area contributed by atoms with Crippen molar-refractivity contribution >= 4 is 22.7 Å². The van der Waals surface area contributed by atoms with Crippen LogP contribution < -0.4 is 15.6 Å². The molecule has 3 aromatic rings. The molecule has 27 heavy (non-hydrogen) atoms. The van der Waals surface area contributed by atoms with Gasteiger partial charge < -0.3 is 9.72 Å². The van der Waals surface area contributed by atoms with Crippen LogP contribution in [0.5, 0.6) is 5.75 Å². The zero-order chi connectivity index (χ0) is 19.6. The first kappa shape index (κ1) is 18.5. The van der Waals surface area contributed by atoms with Crippen LogP contribution in [0.25, 0.3) is 10.9 Å². The fraction of sp³-hybridized carbons (Fsp3) is 0.238. The van der Waals surface area contributed by atoms with Crippen LogP contribution in [0.4, 0.5) is 0 Å². The average Bonchev–Trinajstić information content (AvgIpc) is 2.98. The minimum atomic E-state index is -0.755. The molecule has 0 aliphatic carbocycles. The van der Waals surface area contributed by atoms with E-state index in [9.17, 15) is 9.59 Å². The van der Waals surface area contributed by atoms with E-state index in [2.05, 4.69) is 15.8 Å². The van der Waals surface area contributed by atoms with Crippen molar-refractivity contribution in [3.05, 3.63) is 64.8 Å². The molecule has 0 bridgehead atoms. The number of aromatic amines is 1. The number of amides is 2. The average molecular weight is 365 g/mol. The predicted molar refractivity (Wildman–Crippen MR) is 105 cm³/mol. The SMILES string of the molecule is Cc1cccc(OC(C)C(=O)NNC(=O)c2c(C)[nH]c3ccccc23)c1C. The molecule has 1 unspecified atom stereocenters. The van der Waals surface area contributed by atoms with E-state index in [-0.39, 0.29) is 5.91 Å². The molecule has 1 heterocycles. The van der Waals surface area contributed by atoms with Gasteiger partial charge in [0, 0.05) is 16.6 Å². The highest BCUT2D eigenvalue weighted by molar-refractivity contribution is 6.08. The first-order valence-corrected chi connectivity index (χ1v) is 8.79. The lowest BCUT2D eigenvalue weighted by Crippen LogP contribution is -2.47. The van der Waals surface area contributed by atoms with Gasteiger partial charge in [-0.25, -0.2) is 0 Å². The highest BCUT2D eigenvalue weighted by Gasteiger charge is 2.19. The number of carbonyl (C=O) groups is 2. The predicted octanol–water partition coefficient (Wildman–Crippen LogP) is 3.32. The Bertz CT molecular complexity index is 1010.